The van der Waals surface area contributed by atoms with Gasteiger partial charge in [0.15, 0.2) is 0 Å². The number of rotatable bonds is 7. The minimum absolute atomic E-state index is 0.249. The predicted octanol–water partition coefficient (Wildman–Crippen LogP) is 3.08. The molecule has 0 N–H and O–H groups in total. The van der Waals surface area contributed by atoms with E-state index in [0.717, 1.165) is 63.5 Å². The minimum atomic E-state index is 0.249. The van der Waals surface area contributed by atoms with Crippen LogP contribution in [0.25, 0.3) is 0 Å². The Morgan fingerprint density at radius 2 is 2.08 bits per heavy atom. The smallest absolute Gasteiger partial charge is 0.222 e. The molecule has 5 nitrogen and oxygen atoms in total. The Balaban J connectivity index is 1.60. The first kappa shape index (κ1) is 18.5. The van der Waals surface area contributed by atoms with Crippen LogP contribution in [-0.4, -0.2) is 55.6 Å². The van der Waals surface area contributed by atoms with E-state index in [2.05, 4.69) is 24.0 Å². The average molecular weight is 348 g/mol. The van der Waals surface area contributed by atoms with Gasteiger partial charge in [-0.05, 0) is 44.4 Å². The number of ether oxygens (including phenoxy) is 1. The van der Waals surface area contributed by atoms with Crippen molar-refractivity contribution in [1.29, 1.82) is 0 Å². The van der Waals surface area contributed by atoms with Crippen molar-refractivity contribution in [3.8, 4) is 0 Å². The molecule has 140 valence electrons. The lowest BCUT2D eigenvalue weighted by molar-refractivity contribution is -0.140. The summed E-state index contributed by atoms with van der Waals surface area (Å²) in [5.74, 6) is 2.46. The number of likely N-dealkylation sites (tertiary alicyclic amines) is 2. The Morgan fingerprint density at radius 3 is 2.88 bits per heavy atom. The fraction of sp³-hybridized carbons (Fsp3) is 0.750. The lowest BCUT2D eigenvalue weighted by atomic mass is 9.73. The van der Waals surface area contributed by atoms with Gasteiger partial charge in [0.1, 0.15) is 11.5 Å². The van der Waals surface area contributed by atoms with Crippen LogP contribution in [0.5, 0.6) is 0 Å². The first-order valence-electron chi connectivity index (χ1n) is 9.71. The molecule has 0 aromatic carbocycles. The van der Waals surface area contributed by atoms with Crippen molar-refractivity contribution in [2.24, 2.45) is 5.41 Å². The molecule has 5 heteroatoms. The van der Waals surface area contributed by atoms with Crippen LogP contribution in [-0.2, 0) is 22.5 Å². The molecule has 1 atom stereocenters. The Morgan fingerprint density at radius 1 is 1.24 bits per heavy atom. The standard InChI is InChI=1S/C20H32N2O3/c1-3-5-17-6-7-18(25-17)14-21-11-4-9-20(15-21)10-8-19(23)22(16-20)12-13-24-2/h6-7H,3-5,8-16H2,1-2H3/t20-/m0/s1. The van der Waals surface area contributed by atoms with Gasteiger partial charge < -0.3 is 14.1 Å². The summed E-state index contributed by atoms with van der Waals surface area (Å²) in [7, 11) is 1.70. The molecule has 2 aliphatic rings. The van der Waals surface area contributed by atoms with E-state index >= 15 is 0 Å². The molecule has 0 aliphatic carbocycles. The lowest BCUT2D eigenvalue weighted by Gasteiger charge is -2.48. The van der Waals surface area contributed by atoms with Gasteiger partial charge in [-0.3, -0.25) is 9.69 Å². The zero-order chi connectivity index (χ0) is 17.7. The third-order valence-electron chi connectivity index (χ3n) is 5.65. The molecule has 0 bridgehead atoms. The van der Waals surface area contributed by atoms with Crippen molar-refractivity contribution >= 4 is 5.91 Å². The van der Waals surface area contributed by atoms with Crippen molar-refractivity contribution in [2.45, 2.75) is 52.0 Å². The monoisotopic (exact) mass is 348 g/mol. The maximum atomic E-state index is 12.2. The highest BCUT2D eigenvalue weighted by Gasteiger charge is 2.41. The molecule has 3 rings (SSSR count). The summed E-state index contributed by atoms with van der Waals surface area (Å²) in [5, 5.41) is 0. The number of nitrogens with zero attached hydrogens (tertiary/aromatic N) is 2. The topological polar surface area (TPSA) is 45.9 Å². The number of hydrogen-bond donors (Lipinski definition) is 0. The predicted molar refractivity (Wildman–Crippen MR) is 97.3 cm³/mol. The van der Waals surface area contributed by atoms with Gasteiger partial charge in [-0.25, -0.2) is 0 Å². The maximum absolute atomic E-state index is 12.2. The highest BCUT2D eigenvalue weighted by Crippen LogP contribution is 2.39. The molecule has 3 heterocycles. The van der Waals surface area contributed by atoms with Crippen molar-refractivity contribution < 1.29 is 13.9 Å². The Labute approximate surface area is 151 Å². The zero-order valence-corrected chi connectivity index (χ0v) is 15.8. The maximum Gasteiger partial charge on any atom is 0.222 e. The molecular formula is C20H32N2O3. The third kappa shape index (κ3) is 4.64. The second-order valence-electron chi connectivity index (χ2n) is 7.74. The molecular weight excluding hydrogens is 316 g/mol. The largest absolute Gasteiger partial charge is 0.465 e. The lowest BCUT2D eigenvalue weighted by Crippen LogP contribution is -2.54. The molecule has 0 unspecified atom stereocenters. The van der Waals surface area contributed by atoms with Crippen LogP contribution < -0.4 is 0 Å². The van der Waals surface area contributed by atoms with E-state index in [1.165, 1.54) is 12.8 Å². The third-order valence-corrected chi connectivity index (χ3v) is 5.65. The van der Waals surface area contributed by atoms with Gasteiger partial charge in [0, 0.05) is 45.0 Å². The summed E-state index contributed by atoms with van der Waals surface area (Å²) in [6.07, 6.45) is 6.25. The first-order valence-corrected chi connectivity index (χ1v) is 9.71. The van der Waals surface area contributed by atoms with Crippen molar-refractivity contribution in [1.82, 2.24) is 9.80 Å². The van der Waals surface area contributed by atoms with Gasteiger partial charge in [0.05, 0.1) is 13.2 Å². The summed E-state index contributed by atoms with van der Waals surface area (Å²) in [5.41, 5.74) is 0.249. The van der Waals surface area contributed by atoms with Gasteiger partial charge in [0.2, 0.25) is 5.91 Å². The van der Waals surface area contributed by atoms with Gasteiger partial charge in [-0.15, -0.1) is 0 Å². The van der Waals surface area contributed by atoms with E-state index in [1.54, 1.807) is 7.11 Å². The molecule has 0 saturated carbocycles. The van der Waals surface area contributed by atoms with Crippen molar-refractivity contribution in [3.63, 3.8) is 0 Å². The highest BCUT2D eigenvalue weighted by molar-refractivity contribution is 5.77. The summed E-state index contributed by atoms with van der Waals surface area (Å²) in [6.45, 7) is 7.47. The number of piperidine rings is 2. The van der Waals surface area contributed by atoms with Crippen LogP contribution in [0.1, 0.15) is 50.5 Å². The molecule has 1 amide bonds. The fourth-order valence-corrected chi connectivity index (χ4v) is 4.39. The zero-order valence-electron chi connectivity index (χ0n) is 15.8. The number of furan rings is 1. The van der Waals surface area contributed by atoms with Gasteiger partial charge >= 0.3 is 0 Å². The quantitative estimate of drug-likeness (QED) is 0.760. The Hall–Kier alpha value is -1.33. The highest BCUT2D eigenvalue weighted by atomic mass is 16.5. The molecule has 1 aromatic heterocycles. The number of carbonyl (C=O) groups excluding carboxylic acids is 1. The molecule has 1 spiro atoms. The number of hydrogen-bond acceptors (Lipinski definition) is 4. The van der Waals surface area contributed by atoms with E-state index < -0.39 is 0 Å². The number of amides is 1. The molecule has 2 saturated heterocycles. The Kier molecular flexibility index (Phi) is 6.18. The normalized spacial score (nSPS) is 25.0. The number of carbonyl (C=O) groups is 1. The average Bonchev–Trinajstić information content (AvgIpc) is 3.04. The van der Waals surface area contributed by atoms with Crippen molar-refractivity contribution in [3.05, 3.63) is 23.7 Å². The molecule has 2 aliphatic heterocycles. The minimum Gasteiger partial charge on any atom is -0.465 e. The van der Waals surface area contributed by atoms with Crippen LogP contribution in [0.4, 0.5) is 0 Å². The van der Waals surface area contributed by atoms with E-state index in [-0.39, 0.29) is 11.3 Å². The van der Waals surface area contributed by atoms with E-state index in [0.29, 0.717) is 13.0 Å². The van der Waals surface area contributed by atoms with Gasteiger partial charge in [-0.1, -0.05) is 6.92 Å². The van der Waals surface area contributed by atoms with E-state index in [1.807, 2.05) is 4.90 Å². The summed E-state index contributed by atoms with van der Waals surface area (Å²) < 4.78 is 11.1. The van der Waals surface area contributed by atoms with Crippen LogP contribution in [0.3, 0.4) is 0 Å². The number of aryl methyl sites for hydroxylation is 1. The van der Waals surface area contributed by atoms with Gasteiger partial charge in [-0.2, -0.15) is 0 Å². The molecule has 25 heavy (non-hydrogen) atoms. The molecule has 2 fully saturated rings. The van der Waals surface area contributed by atoms with Crippen LogP contribution in [0.15, 0.2) is 16.5 Å². The van der Waals surface area contributed by atoms with E-state index in [4.69, 9.17) is 9.15 Å². The second-order valence-corrected chi connectivity index (χ2v) is 7.74. The molecule has 1 aromatic rings. The summed E-state index contributed by atoms with van der Waals surface area (Å²) in [6, 6.07) is 4.24. The fourth-order valence-electron chi connectivity index (χ4n) is 4.39. The first-order chi connectivity index (χ1) is 12.1. The van der Waals surface area contributed by atoms with Crippen LogP contribution in [0, 0.1) is 5.41 Å². The van der Waals surface area contributed by atoms with Crippen molar-refractivity contribution in [2.75, 3.05) is 39.9 Å². The SMILES string of the molecule is CCCc1ccc(CN2CCC[C@]3(CCC(=O)N(CCOC)C3)C2)o1. The van der Waals surface area contributed by atoms with E-state index in [9.17, 15) is 4.79 Å². The Bertz CT molecular complexity index is 571. The summed E-state index contributed by atoms with van der Waals surface area (Å²) >= 11 is 0. The summed E-state index contributed by atoms with van der Waals surface area (Å²) in [4.78, 5) is 16.7. The number of methoxy groups -OCH3 is 1. The van der Waals surface area contributed by atoms with Crippen LogP contribution >= 0.6 is 0 Å². The second kappa shape index (κ2) is 8.37. The van der Waals surface area contributed by atoms with Crippen LogP contribution in [0.2, 0.25) is 0 Å². The molecule has 0 radical (unpaired) electrons. The van der Waals surface area contributed by atoms with Gasteiger partial charge in [0.25, 0.3) is 0 Å².